The van der Waals surface area contributed by atoms with Crippen molar-refractivity contribution in [3.8, 4) is 11.3 Å². The summed E-state index contributed by atoms with van der Waals surface area (Å²) in [5, 5.41) is 6.21. The average molecular weight is 416 g/mol. The minimum Gasteiger partial charge on any atom is -0.325 e. The molecule has 4 nitrogen and oxygen atoms in total. The molecule has 2 aromatic heterocycles. The van der Waals surface area contributed by atoms with Gasteiger partial charge in [-0.15, -0.1) is 11.3 Å². The first-order valence-electron chi connectivity index (χ1n) is 8.27. The van der Waals surface area contributed by atoms with Crippen LogP contribution in [0.15, 0.2) is 54.0 Å². The number of anilines is 1. The molecule has 0 fully saturated rings. The summed E-state index contributed by atoms with van der Waals surface area (Å²) in [6.07, 6.45) is 2.20. The van der Waals surface area contributed by atoms with Gasteiger partial charge in [-0.25, -0.2) is 4.98 Å². The Kier molecular flexibility index (Phi) is 4.91. The van der Waals surface area contributed by atoms with Gasteiger partial charge >= 0.3 is 0 Å². The van der Waals surface area contributed by atoms with E-state index in [0.29, 0.717) is 10.0 Å². The molecule has 0 aliphatic heterocycles. The molecule has 1 N–H and O–H groups in total. The van der Waals surface area contributed by atoms with Crippen LogP contribution in [0.25, 0.3) is 16.2 Å². The first-order valence-corrected chi connectivity index (χ1v) is 9.91. The Hall–Kier alpha value is -2.34. The predicted octanol–water partition coefficient (Wildman–Crippen LogP) is 5.86. The van der Waals surface area contributed by atoms with E-state index in [9.17, 15) is 4.79 Å². The number of carbonyl (C=O) groups is 1. The first-order chi connectivity index (χ1) is 13.0. The van der Waals surface area contributed by atoms with Gasteiger partial charge in [0.15, 0.2) is 4.96 Å². The van der Waals surface area contributed by atoms with Crippen LogP contribution >= 0.6 is 34.5 Å². The number of benzene rings is 2. The van der Waals surface area contributed by atoms with Gasteiger partial charge in [-0.2, -0.15) is 0 Å². The number of rotatable bonds is 4. The molecule has 27 heavy (non-hydrogen) atoms. The maximum atomic E-state index is 12.5. The maximum absolute atomic E-state index is 12.5. The van der Waals surface area contributed by atoms with Gasteiger partial charge in [-0.05, 0) is 36.8 Å². The lowest BCUT2D eigenvalue weighted by Crippen LogP contribution is -2.16. The lowest BCUT2D eigenvalue weighted by Gasteiger charge is -2.09. The highest BCUT2D eigenvalue weighted by Gasteiger charge is 2.14. The van der Waals surface area contributed by atoms with Crippen molar-refractivity contribution < 1.29 is 4.79 Å². The Morgan fingerprint density at radius 1 is 1.19 bits per heavy atom. The highest BCUT2D eigenvalue weighted by Crippen LogP contribution is 2.26. The van der Waals surface area contributed by atoms with Crippen LogP contribution in [0.3, 0.4) is 0 Å². The lowest BCUT2D eigenvalue weighted by molar-refractivity contribution is -0.115. The molecule has 0 unspecified atom stereocenters. The van der Waals surface area contributed by atoms with Gasteiger partial charge in [-0.3, -0.25) is 9.20 Å². The van der Waals surface area contributed by atoms with Crippen molar-refractivity contribution in [3.05, 3.63) is 75.3 Å². The minimum atomic E-state index is -0.0955. The average Bonchev–Trinajstić information content (AvgIpc) is 3.22. The number of nitrogens with zero attached hydrogens (tertiary/aromatic N) is 2. The van der Waals surface area contributed by atoms with E-state index >= 15 is 0 Å². The van der Waals surface area contributed by atoms with E-state index in [4.69, 9.17) is 23.2 Å². The Labute approximate surface area is 170 Å². The molecule has 136 valence electrons. The van der Waals surface area contributed by atoms with Gasteiger partial charge in [0.25, 0.3) is 0 Å². The molecular formula is C20H15Cl2N3OS. The first kappa shape index (κ1) is 18.0. The number of carbonyl (C=O) groups excluding carboxylic acids is 1. The van der Waals surface area contributed by atoms with Crippen LogP contribution in [0, 0.1) is 6.92 Å². The fourth-order valence-electron chi connectivity index (χ4n) is 2.82. The highest BCUT2D eigenvalue weighted by molar-refractivity contribution is 7.15. The zero-order valence-corrected chi connectivity index (χ0v) is 16.7. The SMILES string of the molecule is Cc1c(Cl)cccc1NC(=O)Cc1csc2nc(-c3ccc(Cl)cc3)cn12. The predicted molar refractivity (Wildman–Crippen MR) is 112 cm³/mol. The van der Waals surface area contributed by atoms with E-state index in [1.165, 1.54) is 11.3 Å². The topological polar surface area (TPSA) is 46.4 Å². The zero-order valence-electron chi connectivity index (χ0n) is 14.4. The van der Waals surface area contributed by atoms with Gasteiger partial charge in [0, 0.05) is 38.6 Å². The van der Waals surface area contributed by atoms with E-state index in [-0.39, 0.29) is 12.3 Å². The summed E-state index contributed by atoms with van der Waals surface area (Å²) in [4.78, 5) is 18.0. The van der Waals surface area contributed by atoms with Crippen LogP contribution in [0.4, 0.5) is 5.69 Å². The maximum Gasteiger partial charge on any atom is 0.230 e. The quantitative estimate of drug-likeness (QED) is 0.453. The minimum absolute atomic E-state index is 0.0955. The van der Waals surface area contributed by atoms with E-state index in [1.54, 1.807) is 6.07 Å². The van der Waals surface area contributed by atoms with Gasteiger partial charge in [0.2, 0.25) is 5.91 Å². The monoisotopic (exact) mass is 415 g/mol. The molecule has 0 saturated heterocycles. The molecule has 2 aromatic carbocycles. The van der Waals surface area contributed by atoms with Gasteiger partial charge in [0.05, 0.1) is 12.1 Å². The Morgan fingerprint density at radius 2 is 1.96 bits per heavy atom. The fourth-order valence-corrected chi connectivity index (χ4v) is 3.99. The van der Waals surface area contributed by atoms with Crippen molar-refractivity contribution >= 4 is 51.1 Å². The van der Waals surface area contributed by atoms with Crippen molar-refractivity contribution in [1.29, 1.82) is 0 Å². The number of nitrogens with one attached hydrogen (secondary N) is 1. The molecule has 0 aliphatic carbocycles. The van der Waals surface area contributed by atoms with E-state index < -0.39 is 0 Å². The molecule has 0 spiro atoms. The molecule has 0 saturated carbocycles. The third-order valence-electron chi connectivity index (χ3n) is 4.31. The summed E-state index contributed by atoms with van der Waals surface area (Å²) < 4.78 is 1.96. The second kappa shape index (κ2) is 7.35. The number of imidazole rings is 1. The van der Waals surface area contributed by atoms with E-state index in [1.807, 2.05) is 59.3 Å². The summed E-state index contributed by atoms with van der Waals surface area (Å²) in [5.41, 5.74) is 4.31. The van der Waals surface area contributed by atoms with Crippen molar-refractivity contribution in [1.82, 2.24) is 9.38 Å². The number of aromatic nitrogens is 2. The molecule has 0 aliphatic rings. The number of hydrogen-bond donors (Lipinski definition) is 1. The summed E-state index contributed by atoms with van der Waals surface area (Å²) in [6, 6.07) is 13.0. The number of halogens is 2. The standard InChI is InChI=1S/C20H15Cl2N3OS/c1-12-16(22)3-2-4-17(12)23-19(26)9-15-11-27-20-24-18(10-25(15)20)13-5-7-14(21)8-6-13/h2-8,10-11H,9H2,1H3,(H,23,26). The Balaban J connectivity index is 1.56. The summed E-state index contributed by atoms with van der Waals surface area (Å²) in [7, 11) is 0. The molecule has 7 heteroatoms. The third-order valence-corrected chi connectivity index (χ3v) is 5.86. The van der Waals surface area contributed by atoms with Crippen LogP contribution in [0.5, 0.6) is 0 Å². The summed E-state index contributed by atoms with van der Waals surface area (Å²) >= 11 is 13.6. The molecule has 0 bridgehead atoms. The second-order valence-corrected chi connectivity index (χ2v) is 7.83. The fraction of sp³-hybridized carbons (Fsp3) is 0.100. The largest absolute Gasteiger partial charge is 0.325 e. The summed E-state index contributed by atoms with van der Waals surface area (Å²) in [6.45, 7) is 1.88. The molecule has 4 aromatic rings. The molecule has 4 rings (SSSR count). The van der Waals surface area contributed by atoms with Gasteiger partial charge < -0.3 is 5.32 Å². The van der Waals surface area contributed by atoms with Crippen molar-refractivity contribution in [2.75, 3.05) is 5.32 Å². The lowest BCUT2D eigenvalue weighted by atomic mass is 10.2. The van der Waals surface area contributed by atoms with Crippen LogP contribution in [-0.2, 0) is 11.2 Å². The normalized spacial score (nSPS) is 11.1. The van der Waals surface area contributed by atoms with Gasteiger partial charge in [0.1, 0.15) is 0 Å². The van der Waals surface area contributed by atoms with Crippen LogP contribution in [0.1, 0.15) is 11.3 Å². The molecule has 0 atom stereocenters. The molecular weight excluding hydrogens is 401 g/mol. The van der Waals surface area contributed by atoms with Crippen LogP contribution in [-0.4, -0.2) is 15.3 Å². The number of thiazole rings is 1. The third kappa shape index (κ3) is 3.72. The van der Waals surface area contributed by atoms with E-state index in [0.717, 1.165) is 33.2 Å². The molecule has 2 heterocycles. The molecule has 1 amide bonds. The molecule has 0 radical (unpaired) electrons. The van der Waals surface area contributed by atoms with Gasteiger partial charge in [-0.1, -0.05) is 41.4 Å². The zero-order chi connectivity index (χ0) is 19.0. The summed E-state index contributed by atoms with van der Waals surface area (Å²) in [5.74, 6) is -0.0955. The number of amides is 1. The highest BCUT2D eigenvalue weighted by atomic mass is 35.5. The second-order valence-electron chi connectivity index (χ2n) is 6.15. The van der Waals surface area contributed by atoms with Crippen LogP contribution in [0.2, 0.25) is 10.0 Å². The van der Waals surface area contributed by atoms with Crippen LogP contribution < -0.4 is 5.32 Å². The number of fused-ring (bicyclic) bond motifs is 1. The van der Waals surface area contributed by atoms with E-state index in [2.05, 4.69) is 10.3 Å². The smallest absolute Gasteiger partial charge is 0.230 e. The Morgan fingerprint density at radius 3 is 2.74 bits per heavy atom. The number of hydrogen-bond acceptors (Lipinski definition) is 3. The van der Waals surface area contributed by atoms with Crippen molar-refractivity contribution in [2.45, 2.75) is 13.3 Å². The Bertz CT molecular complexity index is 1130. The van der Waals surface area contributed by atoms with Crippen molar-refractivity contribution in [3.63, 3.8) is 0 Å². The van der Waals surface area contributed by atoms with Crippen molar-refractivity contribution in [2.24, 2.45) is 0 Å².